The van der Waals surface area contributed by atoms with Crippen LogP contribution in [0, 0.1) is 11.3 Å². The van der Waals surface area contributed by atoms with Crippen LogP contribution < -0.4 is 0 Å². The minimum atomic E-state index is 0.435. The summed E-state index contributed by atoms with van der Waals surface area (Å²) in [4.78, 5) is 4.26. The first-order chi connectivity index (χ1) is 5.36. The van der Waals surface area contributed by atoms with E-state index in [-0.39, 0.29) is 0 Å². The van der Waals surface area contributed by atoms with Gasteiger partial charge in [-0.15, -0.1) is 11.3 Å². The molecular formula is C7H8N2S2. The molecule has 58 valence electrons. The summed E-state index contributed by atoms with van der Waals surface area (Å²) in [5.41, 5.74) is 0.904. The van der Waals surface area contributed by atoms with E-state index < -0.39 is 0 Å². The summed E-state index contributed by atoms with van der Waals surface area (Å²) in [6.45, 7) is 0. The summed E-state index contributed by atoms with van der Waals surface area (Å²) in [5.74, 6) is 0.954. The van der Waals surface area contributed by atoms with Crippen molar-refractivity contribution in [3.05, 3.63) is 16.1 Å². The van der Waals surface area contributed by atoms with Gasteiger partial charge < -0.3 is 0 Å². The number of nitrogens with zero attached hydrogens (tertiary/aromatic N) is 2. The van der Waals surface area contributed by atoms with Gasteiger partial charge in [0.05, 0.1) is 18.2 Å². The van der Waals surface area contributed by atoms with Gasteiger partial charge in [0.2, 0.25) is 0 Å². The fourth-order valence-electron chi connectivity index (χ4n) is 0.701. The normalized spacial score (nSPS) is 9.45. The van der Waals surface area contributed by atoms with Crippen molar-refractivity contribution >= 4 is 23.1 Å². The molecule has 0 aliphatic rings. The van der Waals surface area contributed by atoms with Crippen molar-refractivity contribution in [1.82, 2.24) is 4.98 Å². The Hall–Kier alpha value is -0.530. The molecule has 11 heavy (non-hydrogen) atoms. The van der Waals surface area contributed by atoms with Gasteiger partial charge in [-0.1, -0.05) is 0 Å². The standard InChI is InChI=1S/C7H8N2S2/c1-10-5-7-9-6(2-3-8)4-11-7/h4H,2,5H2,1H3. The summed E-state index contributed by atoms with van der Waals surface area (Å²) < 4.78 is 0. The van der Waals surface area contributed by atoms with E-state index in [2.05, 4.69) is 11.1 Å². The average molecular weight is 184 g/mol. The van der Waals surface area contributed by atoms with Gasteiger partial charge in [0.1, 0.15) is 5.01 Å². The minimum Gasteiger partial charge on any atom is -0.244 e. The Kier molecular flexibility index (Phi) is 3.40. The van der Waals surface area contributed by atoms with E-state index in [1.807, 2.05) is 11.6 Å². The fourth-order valence-corrected chi connectivity index (χ4v) is 2.22. The lowest BCUT2D eigenvalue weighted by molar-refractivity contribution is 1.11. The van der Waals surface area contributed by atoms with Gasteiger partial charge in [-0.25, -0.2) is 4.98 Å². The molecular weight excluding hydrogens is 176 g/mol. The molecule has 1 aromatic heterocycles. The second kappa shape index (κ2) is 4.37. The number of thioether (sulfide) groups is 1. The van der Waals surface area contributed by atoms with Crippen LogP contribution in [0.15, 0.2) is 5.38 Å². The topological polar surface area (TPSA) is 36.7 Å². The van der Waals surface area contributed by atoms with Crippen molar-refractivity contribution in [3.63, 3.8) is 0 Å². The zero-order valence-corrected chi connectivity index (χ0v) is 7.84. The molecule has 1 aromatic rings. The van der Waals surface area contributed by atoms with Crippen molar-refractivity contribution in [2.24, 2.45) is 0 Å². The van der Waals surface area contributed by atoms with Crippen molar-refractivity contribution in [2.75, 3.05) is 6.26 Å². The molecule has 1 rings (SSSR count). The van der Waals surface area contributed by atoms with E-state index >= 15 is 0 Å². The molecule has 0 spiro atoms. The van der Waals surface area contributed by atoms with Crippen LogP contribution in [0.2, 0.25) is 0 Å². The molecule has 0 saturated carbocycles. The summed E-state index contributed by atoms with van der Waals surface area (Å²) in [5, 5.41) is 11.4. The Balaban J connectivity index is 2.60. The number of nitriles is 1. The van der Waals surface area contributed by atoms with Crippen LogP contribution in [0.4, 0.5) is 0 Å². The molecule has 0 fully saturated rings. The number of hydrogen-bond donors (Lipinski definition) is 0. The zero-order chi connectivity index (χ0) is 8.10. The third kappa shape index (κ3) is 2.52. The predicted octanol–water partition coefficient (Wildman–Crippen LogP) is 2.07. The molecule has 0 aromatic carbocycles. The third-order valence-corrected chi connectivity index (χ3v) is 2.77. The van der Waals surface area contributed by atoms with Crippen molar-refractivity contribution in [2.45, 2.75) is 12.2 Å². The van der Waals surface area contributed by atoms with E-state index in [1.54, 1.807) is 23.1 Å². The van der Waals surface area contributed by atoms with Crippen LogP contribution in [0.3, 0.4) is 0 Å². The van der Waals surface area contributed by atoms with Crippen molar-refractivity contribution < 1.29 is 0 Å². The lowest BCUT2D eigenvalue weighted by atomic mass is 10.4. The van der Waals surface area contributed by atoms with Crippen molar-refractivity contribution in [3.8, 4) is 6.07 Å². The molecule has 0 bridgehead atoms. The molecule has 1 heterocycles. The fraction of sp³-hybridized carbons (Fsp3) is 0.429. The molecule has 0 amide bonds. The Morgan fingerprint density at radius 2 is 2.64 bits per heavy atom. The second-order valence-electron chi connectivity index (χ2n) is 2.00. The Bertz CT molecular complexity index is 262. The maximum atomic E-state index is 8.37. The maximum absolute atomic E-state index is 8.37. The first kappa shape index (κ1) is 8.57. The van der Waals surface area contributed by atoms with Crippen LogP contribution >= 0.6 is 23.1 Å². The first-order valence-electron chi connectivity index (χ1n) is 3.16. The second-order valence-corrected chi connectivity index (χ2v) is 3.81. The highest BCUT2D eigenvalue weighted by atomic mass is 32.2. The highest BCUT2D eigenvalue weighted by Gasteiger charge is 1.99. The summed E-state index contributed by atoms with van der Waals surface area (Å²) in [6, 6.07) is 2.08. The summed E-state index contributed by atoms with van der Waals surface area (Å²) in [6.07, 6.45) is 2.48. The molecule has 0 radical (unpaired) electrons. The molecule has 0 aliphatic carbocycles. The van der Waals surface area contributed by atoms with Crippen LogP contribution in [-0.2, 0) is 12.2 Å². The van der Waals surface area contributed by atoms with Crippen LogP contribution in [0.1, 0.15) is 10.7 Å². The minimum absolute atomic E-state index is 0.435. The van der Waals surface area contributed by atoms with E-state index in [0.717, 1.165) is 16.5 Å². The van der Waals surface area contributed by atoms with Gasteiger partial charge in [-0.2, -0.15) is 17.0 Å². The van der Waals surface area contributed by atoms with Gasteiger partial charge in [0.15, 0.2) is 0 Å². The Morgan fingerprint density at radius 1 is 1.82 bits per heavy atom. The number of aromatic nitrogens is 1. The SMILES string of the molecule is CSCc1nc(CC#N)cs1. The van der Waals surface area contributed by atoms with Crippen molar-refractivity contribution in [1.29, 1.82) is 5.26 Å². The van der Waals surface area contributed by atoms with Gasteiger partial charge in [-0.05, 0) is 6.26 Å². The Morgan fingerprint density at radius 3 is 3.27 bits per heavy atom. The molecule has 0 saturated heterocycles. The first-order valence-corrected chi connectivity index (χ1v) is 5.43. The van der Waals surface area contributed by atoms with Gasteiger partial charge in [0, 0.05) is 11.1 Å². The lowest BCUT2D eigenvalue weighted by Crippen LogP contribution is -1.82. The van der Waals surface area contributed by atoms with E-state index in [0.29, 0.717) is 6.42 Å². The molecule has 0 aliphatic heterocycles. The summed E-state index contributed by atoms with van der Waals surface area (Å²) in [7, 11) is 0. The molecule has 0 atom stereocenters. The highest BCUT2D eigenvalue weighted by molar-refractivity contribution is 7.97. The molecule has 4 heteroatoms. The van der Waals surface area contributed by atoms with E-state index in [9.17, 15) is 0 Å². The zero-order valence-electron chi connectivity index (χ0n) is 6.20. The van der Waals surface area contributed by atoms with Crippen LogP contribution in [0.5, 0.6) is 0 Å². The predicted molar refractivity (Wildman–Crippen MR) is 48.7 cm³/mol. The quantitative estimate of drug-likeness (QED) is 0.721. The summed E-state index contributed by atoms with van der Waals surface area (Å²) >= 11 is 3.38. The number of rotatable bonds is 3. The van der Waals surface area contributed by atoms with Gasteiger partial charge >= 0.3 is 0 Å². The van der Waals surface area contributed by atoms with Crippen LogP contribution in [0.25, 0.3) is 0 Å². The number of thiazole rings is 1. The molecule has 0 N–H and O–H groups in total. The third-order valence-electron chi connectivity index (χ3n) is 1.13. The van der Waals surface area contributed by atoms with E-state index in [4.69, 9.17) is 5.26 Å². The lowest BCUT2D eigenvalue weighted by Gasteiger charge is -1.86. The van der Waals surface area contributed by atoms with Crippen LogP contribution in [-0.4, -0.2) is 11.2 Å². The Labute approximate surface area is 74.3 Å². The highest BCUT2D eigenvalue weighted by Crippen LogP contribution is 2.14. The van der Waals surface area contributed by atoms with E-state index in [1.165, 1.54) is 0 Å². The molecule has 0 unspecified atom stereocenters. The number of hydrogen-bond acceptors (Lipinski definition) is 4. The average Bonchev–Trinajstić information content (AvgIpc) is 2.38. The molecule has 2 nitrogen and oxygen atoms in total. The smallest absolute Gasteiger partial charge is 0.103 e. The van der Waals surface area contributed by atoms with Gasteiger partial charge in [0.25, 0.3) is 0 Å². The monoisotopic (exact) mass is 184 g/mol. The maximum Gasteiger partial charge on any atom is 0.103 e. The largest absolute Gasteiger partial charge is 0.244 e. The van der Waals surface area contributed by atoms with Gasteiger partial charge in [-0.3, -0.25) is 0 Å².